The topological polar surface area (TPSA) is 41.1 Å². The van der Waals surface area contributed by atoms with Crippen molar-refractivity contribution in [3.63, 3.8) is 0 Å². The van der Waals surface area contributed by atoms with E-state index in [-0.39, 0.29) is 5.91 Å². The maximum Gasteiger partial charge on any atom is 0.226 e. The van der Waals surface area contributed by atoms with Gasteiger partial charge in [0.15, 0.2) is 0 Å². The van der Waals surface area contributed by atoms with E-state index in [0.29, 0.717) is 18.9 Å². The van der Waals surface area contributed by atoms with Crippen LogP contribution in [0.5, 0.6) is 0 Å². The quantitative estimate of drug-likeness (QED) is 0.853. The highest BCUT2D eigenvalue weighted by molar-refractivity contribution is 5.99. The molecule has 1 aromatic carbocycles. The Morgan fingerprint density at radius 1 is 1.19 bits per heavy atom. The normalized spacial score (nSPS) is 18.1. The van der Waals surface area contributed by atoms with Crippen LogP contribution >= 0.6 is 0 Å². The third-order valence-electron chi connectivity index (χ3n) is 4.18. The number of amides is 1. The number of nitrogens with one attached hydrogen (secondary N) is 2. The molecule has 1 aliphatic heterocycles. The highest BCUT2D eigenvalue weighted by Crippen LogP contribution is 2.37. The molecule has 0 aromatic heterocycles. The predicted molar refractivity (Wildman–Crippen MR) is 88.3 cm³/mol. The maximum atomic E-state index is 11.7. The number of hydrogen-bond donors (Lipinski definition) is 2. The molecular weight excluding hydrogens is 260 g/mol. The molecule has 0 spiro atoms. The first kappa shape index (κ1) is 13.9. The van der Waals surface area contributed by atoms with Crippen LogP contribution in [0, 0.1) is 5.92 Å². The monoisotopic (exact) mass is 282 g/mol. The molecular formula is C18H22N2O. The summed E-state index contributed by atoms with van der Waals surface area (Å²) in [7, 11) is 0. The molecule has 0 bridgehead atoms. The van der Waals surface area contributed by atoms with E-state index in [1.807, 2.05) is 12.1 Å². The Morgan fingerprint density at radius 3 is 2.86 bits per heavy atom. The van der Waals surface area contributed by atoms with Crippen molar-refractivity contribution >= 4 is 22.9 Å². The molecule has 0 atom stereocenters. The van der Waals surface area contributed by atoms with Gasteiger partial charge in [0, 0.05) is 18.5 Å². The third-order valence-corrected chi connectivity index (χ3v) is 4.18. The Kier molecular flexibility index (Phi) is 3.82. The van der Waals surface area contributed by atoms with Crippen LogP contribution < -0.4 is 10.6 Å². The van der Waals surface area contributed by atoms with Crippen molar-refractivity contribution in [1.29, 1.82) is 0 Å². The molecule has 1 amide bonds. The van der Waals surface area contributed by atoms with E-state index < -0.39 is 0 Å². The molecule has 0 saturated carbocycles. The number of hydrogen-bond acceptors (Lipinski definition) is 2. The van der Waals surface area contributed by atoms with Gasteiger partial charge < -0.3 is 10.6 Å². The van der Waals surface area contributed by atoms with Crippen LogP contribution in [0.4, 0.5) is 11.4 Å². The van der Waals surface area contributed by atoms with E-state index in [0.717, 1.165) is 24.2 Å². The van der Waals surface area contributed by atoms with Crippen LogP contribution in [0.15, 0.2) is 35.9 Å². The second-order valence-electron chi connectivity index (χ2n) is 6.03. The van der Waals surface area contributed by atoms with Gasteiger partial charge >= 0.3 is 0 Å². The van der Waals surface area contributed by atoms with Gasteiger partial charge in [-0.05, 0) is 30.4 Å². The largest absolute Gasteiger partial charge is 0.382 e. The average Bonchev–Trinajstić information content (AvgIpc) is 2.67. The van der Waals surface area contributed by atoms with E-state index >= 15 is 0 Å². The minimum atomic E-state index is 0.0782. The van der Waals surface area contributed by atoms with Gasteiger partial charge in [0.25, 0.3) is 0 Å². The highest BCUT2D eigenvalue weighted by Gasteiger charge is 2.18. The standard InChI is InChI=1S/C18H22N2O/c1-12(2)13-5-3-6-14(11-13)15-7-4-8-16-18(15)19-10-9-17(21)20-16/h4,6-8,11-12,19H,3,5,9-10H2,1-2H3,(H,20,21). The molecule has 1 aromatic rings. The van der Waals surface area contributed by atoms with Gasteiger partial charge in [-0.1, -0.05) is 43.7 Å². The first-order chi connectivity index (χ1) is 10.1. The fraction of sp³-hybridized carbons (Fsp3) is 0.389. The Hall–Kier alpha value is -2.03. The van der Waals surface area contributed by atoms with E-state index in [4.69, 9.17) is 0 Å². The molecule has 0 saturated heterocycles. The van der Waals surface area contributed by atoms with E-state index in [1.54, 1.807) is 0 Å². The van der Waals surface area contributed by atoms with E-state index in [9.17, 15) is 4.79 Å². The van der Waals surface area contributed by atoms with E-state index in [1.165, 1.54) is 16.7 Å². The molecule has 2 aliphatic rings. The molecule has 21 heavy (non-hydrogen) atoms. The van der Waals surface area contributed by atoms with Crippen molar-refractivity contribution < 1.29 is 4.79 Å². The van der Waals surface area contributed by atoms with Crippen LogP contribution in [-0.4, -0.2) is 12.5 Å². The van der Waals surface area contributed by atoms with Crippen molar-refractivity contribution in [2.24, 2.45) is 5.92 Å². The Balaban J connectivity index is 2.02. The van der Waals surface area contributed by atoms with Crippen LogP contribution in [0.3, 0.4) is 0 Å². The molecule has 0 unspecified atom stereocenters. The molecule has 3 nitrogen and oxygen atoms in total. The number of fused-ring (bicyclic) bond motifs is 1. The first-order valence-electron chi connectivity index (χ1n) is 7.73. The number of anilines is 2. The van der Waals surface area contributed by atoms with Crippen LogP contribution in [0.2, 0.25) is 0 Å². The summed E-state index contributed by atoms with van der Waals surface area (Å²) in [5, 5.41) is 6.40. The number of benzene rings is 1. The number of carbonyl (C=O) groups excluding carboxylic acids is 1. The number of allylic oxidation sites excluding steroid dienone is 4. The van der Waals surface area contributed by atoms with Gasteiger partial charge in [-0.15, -0.1) is 0 Å². The van der Waals surface area contributed by atoms with Gasteiger partial charge in [-0.2, -0.15) is 0 Å². The summed E-state index contributed by atoms with van der Waals surface area (Å²) in [5.41, 5.74) is 5.90. The van der Waals surface area contributed by atoms with Crippen molar-refractivity contribution in [3.8, 4) is 0 Å². The summed E-state index contributed by atoms with van der Waals surface area (Å²) < 4.78 is 0. The lowest BCUT2D eigenvalue weighted by Gasteiger charge is -2.20. The summed E-state index contributed by atoms with van der Waals surface area (Å²) in [6, 6.07) is 6.11. The second-order valence-corrected chi connectivity index (χ2v) is 6.03. The van der Waals surface area contributed by atoms with Gasteiger partial charge in [-0.25, -0.2) is 0 Å². The minimum absolute atomic E-state index is 0.0782. The molecule has 1 aliphatic carbocycles. The Bertz CT molecular complexity index is 626. The van der Waals surface area contributed by atoms with Crippen molar-refractivity contribution in [2.75, 3.05) is 17.2 Å². The molecule has 0 radical (unpaired) electrons. The Morgan fingerprint density at radius 2 is 2.05 bits per heavy atom. The van der Waals surface area contributed by atoms with Gasteiger partial charge in [0.2, 0.25) is 5.91 Å². The lowest BCUT2D eigenvalue weighted by molar-refractivity contribution is -0.115. The Labute approximate surface area is 126 Å². The summed E-state index contributed by atoms with van der Waals surface area (Å²) in [6.45, 7) is 5.18. The fourth-order valence-corrected chi connectivity index (χ4v) is 2.97. The lowest BCUT2D eigenvalue weighted by atomic mass is 9.88. The van der Waals surface area contributed by atoms with Crippen LogP contribution in [-0.2, 0) is 4.79 Å². The van der Waals surface area contributed by atoms with Crippen molar-refractivity contribution in [1.82, 2.24) is 0 Å². The molecule has 110 valence electrons. The minimum Gasteiger partial charge on any atom is -0.382 e. The maximum absolute atomic E-state index is 11.7. The molecule has 1 heterocycles. The summed E-state index contributed by atoms with van der Waals surface area (Å²) in [4.78, 5) is 11.7. The first-order valence-corrected chi connectivity index (χ1v) is 7.73. The summed E-state index contributed by atoms with van der Waals surface area (Å²) in [6.07, 6.45) is 7.38. The molecule has 3 heteroatoms. The SMILES string of the molecule is CC(C)C1=CC(c2cccc3c2NCCC(=O)N3)=CCC1. The van der Waals surface area contributed by atoms with Crippen molar-refractivity contribution in [3.05, 3.63) is 41.5 Å². The summed E-state index contributed by atoms with van der Waals surface area (Å²) in [5.74, 6) is 0.665. The van der Waals surface area contributed by atoms with Gasteiger partial charge in [0.1, 0.15) is 0 Å². The van der Waals surface area contributed by atoms with Crippen molar-refractivity contribution in [2.45, 2.75) is 33.1 Å². The molecule has 2 N–H and O–H groups in total. The number of para-hydroxylation sites is 1. The molecule has 0 fully saturated rings. The predicted octanol–water partition coefficient (Wildman–Crippen LogP) is 4.20. The fourth-order valence-electron chi connectivity index (χ4n) is 2.97. The number of rotatable bonds is 2. The smallest absolute Gasteiger partial charge is 0.226 e. The zero-order valence-corrected chi connectivity index (χ0v) is 12.7. The lowest BCUT2D eigenvalue weighted by Crippen LogP contribution is -2.10. The van der Waals surface area contributed by atoms with Gasteiger partial charge in [-0.3, -0.25) is 4.79 Å². The average molecular weight is 282 g/mol. The van der Waals surface area contributed by atoms with Crippen LogP contribution in [0.1, 0.15) is 38.7 Å². The zero-order chi connectivity index (χ0) is 14.8. The zero-order valence-electron chi connectivity index (χ0n) is 12.7. The summed E-state index contributed by atoms with van der Waals surface area (Å²) >= 11 is 0. The van der Waals surface area contributed by atoms with Gasteiger partial charge in [0.05, 0.1) is 11.4 Å². The number of carbonyl (C=O) groups is 1. The van der Waals surface area contributed by atoms with E-state index in [2.05, 4.69) is 42.7 Å². The second kappa shape index (κ2) is 5.76. The van der Waals surface area contributed by atoms with Crippen LogP contribution in [0.25, 0.3) is 5.57 Å². The highest BCUT2D eigenvalue weighted by atomic mass is 16.1. The molecule has 3 rings (SSSR count). The third kappa shape index (κ3) is 2.87.